The maximum atomic E-state index is 5.97. The summed E-state index contributed by atoms with van der Waals surface area (Å²) in [6, 6.07) is 4.37. The Morgan fingerprint density at radius 1 is 1.47 bits per heavy atom. The molecule has 2 nitrogen and oxygen atoms in total. The fourth-order valence-corrected chi connectivity index (χ4v) is 2.21. The molecule has 1 heterocycles. The zero-order valence-electron chi connectivity index (χ0n) is 9.73. The van der Waals surface area contributed by atoms with Crippen LogP contribution in [0.3, 0.4) is 0 Å². The molecule has 0 saturated carbocycles. The first kappa shape index (κ1) is 12.5. The molecule has 0 amide bonds. The van der Waals surface area contributed by atoms with Crippen LogP contribution in [0, 0.1) is 0 Å². The highest BCUT2D eigenvalue weighted by atomic mass is 32.2. The van der Waals surface area contributed by atoms with Crippen molar-refractivity contribution in [2.75, 3.05) is 0 Å². The predicted octanol–water partition coefficient (Wildman–Crippen LogP) is 2.86. The van der Waals surface area contributed by atoms with Gasteiger partial charge in [-0.2, -0.15) is 0 Å². The van der Waals surface area contributed by atoms with E-state index in [-0.39, 0.29) is 6.04 Å². The highest BCUT2D eigenvalue weighted by Crippen LogP contribution is 2.24. The minimum absolute atomic E-state index is 0.251. The van der Waals surface area contributed by atoms with Crippen molar-refractivity contribution in [1.82, 2.24) is 4.98 Å². The Kier molecular flexibility index (Phi) is 5.12. The summed E-state index contributed by atoms with van der Waals surface area (Å²) in [5.74, 6) is 0. The fourth-order valence-electron chi connectivity index (χ4n) is 1.34. The third kappa shape index (κ3) is 4.22. The predicted molar refractivity (Wildman–Crippen MR) is 67.2 cm³/mol. The highest BCUT2D eigenvalue weighted by Gasteiger charge is 2.09. The van der Waals surface area contributed by atoms with E-state index in [1.807, 2.05) is 24.0 Å². The minimum Gasteiger partial charge on any atom is -0.327 e. The molecular weight excluding hydrogens is 204 g/mol. The van der Waals surface area contributed by atoms with Gasteiger partial charge in [0.15, 0.2) is 0 Å². The molecule has 1 aromatic rings. The second kappa shape index (κ2) is 6.13. The van der Waals surface area contributed by atoms with Gasteiger partial charge in [-0.3, -0.25) is 0 Å². The van der Waals surface area contributed by atoms with Crippen molar-refractivity contribution in [2.45, 2.75) is 49.9 Å². The molecule has 1 unspecified atom stereocenters. The van der Waals surface area contributed by atoms with Gasteiger partial charge in [-0.15, -0.1) is 11.8 Å². The van der Waals surface area contributed by atoms with E-state index in [1.54, 1.807) is 0 Å². The fraction of sp³-hybridized carbons (Fsp3) is 0.583. The summed E-state index contributed by atoms with van der Waals surface area (Å²) < 4.78 is 0. The lowest BCUT2D eigenvalue weighted by atomic mass is 10.1. The number of rotatable bonds is 5. The first-order valence-electron chi connectivity index (χ1n) is 5.49. The highest BCUT2D eigenvalue weighted by molar-refractivity contribution is 7.99. The molecule has 1 atom stereocenters. The van der Waals surface area contributed by atoms with E-state index in [2.05, 4.69) is 31.8 Å². The van der Waals surface area contributed by atoms with E-state index >= 15 is 0 Å². The van der Waals surface area contributed by atoms with Crippen molar-refractivity contribution in [3.05, 3.63) is 23.9 Å². The van der Waals surface area contributed by atoms with Crippen LogP contribution < -0.4 is 5.73 Å². The molecule has 2 N–H and O–H groups in total. The number of hydrogen-bond donors (Lipinski definition) is 1. The monoisotopic (exact) mass is 224 g/mol. The van der Waals surface area contributed by atoms with Gasteiger partial charge in [0.25, 0.3) is 0 Å². The van der Waals surface area contributed by atoms with E-state index in [9.17, 15) is 0 Å². The quantitative estimate of drug-likeness (QED) is 0.782. The summed E-state index contributed by atoms with van der Waals surface area (Å²) in [5.41, 5.74) is 7.25. The Labute approximate surface area is 96.7 Å². The minimum atomic E-state index is 0.251. The smallest absolute Gasteiger partial charge is 0.0994 e. The molecule has 0 radical (unpaired) electrons. The van der Waals surface area contributed by atoms with Crippen molar-refractivity contribution >= 4 is 11.8 Å². The molecule has 0 aromatic carbocycles. The van der Waals surface area contributed by atoms with E-state index in [0.717, 1.165) is 17.9 Å². The number of aromatic nitrogens is 1. The molecule has 0 saturated heterocycles. The largest absolute Gasteiger partial charge is 0.327 e. The van der Waals surface area contributed by atoms with Crippen LogP contribution >= 0.6 is 11.8 Å². The topological polar surface area (TPSA) is 38.9 Å². The zero-order valence-corrected chi connectivity index (χ0v) is 10.6. The first-order chi connectivity index (χ1) is 7.13. The van der Waals surface area contributed by atoms with Crippen molar-refractivity contribution in [1.29, 1.82) is 0 Å². The van der Waals surface area contributed by atoms with Crippen LogP contribution in [-0.2, 0) is 6.42 Å². The van der Waals surface area contributed by atoms with Crippen LogP contribution in [0.1, 0.15) is 32.8 Å². The molecule has 3 heteroatoms. The van der Waals surface area contributed by atoms with Crippen molar-refractivity contribution in [3.63, 3.8) is 0 Å². The van der Waals surface area contributed by atoms with E-state index < -0.39 is 0 Å². The number of pyridine rings is 1. The standard InChI is InChI=1S/C12H20N2S/c1-4-11(13)8-10-6-5-7-14-12(10)15-9(2)3/h5-7,9,11H,4,8,13H2,1-3H3. The molecular formula is C12H20N2S. The van der Waals surface area contributed by atoms with Gasteiger partial charge in [-0.1, -0.05) is 26.8 Å². The second-order valence-electron chi connectivity index (χ2n) is 4.01. The lowest BCUT2D eigenvalue weighted by Gasteiger charge is -2.13. The van der Waals surface area contributed by atoms with Gasteiger partial charge < -0.3 is 5.73 Å². The Hall–Kier alpha value is -0.540. The Morgan fingerprint density at radius 3 is 2.80 bits per heavy atom. The van der Waals surface area contributed by atoms with Crippen LogP contribution in [0.4, 0.5) is 0 Å². The molecule has 0 fully saturated rings. The van der Waals surface area contributed by atoms with Crippen LogP contribution in [-0.4, -0.2) is 16.3 Å². The summed E-state index contributed by atoms with van der Waals surface area (Å²) in [6.45, 7) is 6.49. The summed E-state index contributed by atoms with van der Waals surface area (Å²) in [6.07, 6.45) is 3.80. The molecule has 0 aliphatic carbocycles. The summed E-state index contributed by atoms with van der Waals surface area (Å²) in [7, 11) is 0. The van der Waals surface area contributed by atoms with Gasteiger partial charge >= 0.3 is 0 Å². The van der Waals surface area contributed by atoms with E-state index in [0.29, 0.717) is 5.25 Å². The third-order valence-corrected chi connectivity index (χ3v) is 3.27. The van der Waals surface area contributed by atoms with Crippen LogP contribution in [0.2, 0.25) is 0 Å². The molecule has 1 aromatic heterocycles. The maximum Gasteiger partial charge on any atom is 0.0994 e. The lowest BCUT2D eigenvalue weighted by Crippen LogP contribution is -2.21. The SMILES string of the molecule is CCC(N)Cc1cccnc1SC(C)C. The molecule has 0 spiro atoms. The summed E-state index contributed by atoms with van der Waals surface area (Å²) in [5, 5.41) is 1.70. The van der Waals surface area contributed by atoms with Gasteiger partial charge in [0, 0.05) is 17.5 Å². The van der Waals surface area contributed by atoms with Gasteiger partial charge in [-0.05, 0) is 24.5 Å². The van der Waals surface area contributed by atoms with Gasteiger partial charge in [0.05, 0.1) is 5.03 Å². The van der Waals surface area contributed by atoms with Crippen LogP contribution in [0.5, 0.6) is 0 Å². The first-order valence-corrected chi connectivity index (χ1v) is 6.37. The molecule has 0 aliphatic rings. The number of thioether (sulfide) groups is 1. The zero-order chi connectivity index (χ0) is 11.3. The third-order valence-electron chi connectivity index (χ3n) is 2.20. The number of nitrogens with zero attached hydrogens (tertiary/aromatic N) is 1. The Balaban J connectivity index is 2.76. The van der Waals surface area contributed by atoms with E-state index in [1.165, 1.54) is 5.56 Å². The van der Waals surface area contributed by atoms with Crippen molar-refractivity contribution < 1.29 is 0 Å². The second-order valence-corrected chi connectivity index (χ2v) is 5.57. The lowest BCUT2D eigenvalue weighted by molar-refractivity contribution is 0.637. The van der Waals surface area contributed by atoms with Gasteiger partial charge in [0.2, 0.25) is 0 Å². The maximum absolute atomic E-state index is 5.97. The average molecular weight is 224 g/mol. The Morgan fingerprint density at radius 2 is 2.20 bits per heavy atom. The van der Waals surface area contributed by atoms with Gasteiger partial charge in [-0.25, -0.2) is 4.98 Å². The normalized spacial score (nSPS) is 13.1. The van der Waals surface area contributed by atoms with E-state index in [4.69, 9.17) is 5.73 Å². The number of nitrogens with two attached hydrogens (primary N) is 1. The van der Waals surface area contributed by atoms with Gasteiger partial charge in [0.1, 0.15) is 0 Å². The Bertz CT molecular complexity index is 299. The molecule has 84 valence electrons. The van der Waals surface area contributed by atoms with Crippen LogP contribution in [0.25, 0.3) is 0 Å². The molecule has 0 bridgehead atoms. The summed E-state index contributed by atoms with van der Waals surface area (Å²) >= 11 is 1.81. The molecule has 15 heavy (non-hydrogen) atoms. The molecule has 1 rings (SSSR count). The van der Waals surface area contributed by atoms with Crippen molar-refractivity contribution in [2.24, 2.45) is 5.73 Å². The summed E-state index contributed by atoms with van der Waals surface area (Å²) in [4.78, 5) is 4.41. The van der Waals surface area contributed by atoms with Crippen LogP contribution in [0.15, 0.2) is 23.4 Å². The molecule has 0 aliphatic heterocycles. The average Bonchev–Trinajstić information content (AvgIpc) is 2.20. The number of hydrogen-bond acceptors (Lipinski definition) is 3. The van der Waals surface area contributed by atoms with Crippen molar-refractivity contribution in [3.8, 4) is 0 Å².